The topological polar surface area (TPSA) is 129 Å². The molecule has 9 nitrogen and oxygen atoms in total. The second kappa shape index (κ2) is 23.3. The third kappa shape index (κ3) is 16.4. The van der Waals surface area contributed by atoms with Gasteiger partial charge in [-0.2, -0.15) is 5.10 Å². The summed E-state index contributed by atoms with van der Waals surface area (Å²) >= 11 is 0. The van der Waals surface area contributed by atoms with E-state index >= 15 is 0 Å². The van der Waals surface area contributed by atoms with Gasteiger partial charge in [-0.1, -0.05) is 54.4 Å². The number of aromatic nitrogens is 4. The maximum Gasteiger partial charge on any atom is 0.270 e. The normalized spacial score (nSPS) is 19.5. The minimum atomic E-state index is -0.0829. The second-order valence-corrected chi connectivity index (χ2v) is 10.2. The highest BCUT2D eigenvalue weighted by Gasteiger charge is 2.31. The van der Waals surface area contributed by atoms with Crippen molar-refractivity contribution in [2.75, 3.05) is 6.54 Å². The molecule has 0 radical (unpaired) electrons. The standard InChI is InChI=1S/C17H25N5O.C6H11NO.C3H7N.2C2H6.C2H2/c1-11-5-4-6-13(9-11)16(14-10-18-12(2)20-14)21-17(23)15-7-8-19-22(15)3;1-5-2-3-6(8)7-4-5;1-3(2)4;3*1-2/h7-8,10-11,13,16H,4-6,9H2,1-3H3,(H,18,20)(H,21,23);5H,2-4H2,1H3,(H,7,8);4H,1-2H3;2*1-2H3;1-2H/t11?,13-,16?;;;;;/m0...../s1. The molecule has 3 heterocycles. The van der Waals surface area contributed by atoms with Crippen molar-refractivity contribution >= 4 is 17.5 Å². The fourth-order valence-corrected chi connectivity index (χ4v) is 4.50. The molecule has 1 saturated carbocycles. The third-order valence-corrected chi connectivity index (χ3v) is 6.36. The highest BCUT2D eigenvalue weighted by atomic mass is 16.2. The van der Waals surface area contributed by atoms with Crippen molar-refractivity contribution in [3.8, 4) is 12.8 Å². The molecule has 2 fully saturated rings. The van der Waals surface area contributed by atoms with Gasteiger partial charge in [-0.15, -0.1) is 12.8 Å². The Morgan fingerprint density at radius 1 is 1.12 bits per heavy atom. The first-order chi connectivity index (χ1) is 19.6. The van der Waals surface area contributed by atoms with Gasteiger partial charge < -0.3 is 21.0 Å². The molecule has 2 aliphatic rings. The highest BCUT2D eigenvalue weighted by Crippen LogP contribution is 2.36. The van der Waals surface area contributed by atoms with Crippen molar-refractivity contribution in [2.24, 2.45) is 24.8 Å². The Morgan fingerprint density at radius 3 is 2.15 bits per heavy atom. The van der Waals surface area contributed by atoms with Gasteiger partial charge in [-0.25, -0.2) is 4.98 Å². The Balaban J connectivity index is 0. The van der Waals surface area contributed by atoms with Crippen LogP contribution in [0.15, 0.2) is 18.5 Å². The zero-order chi connectivity index (χ0) is 32.0. The number of piperidine rings is 1. The molecule has 2 amide bonds. The van der Waals surface area contributed by atoms with Crippen LogP contribution in [0.5, 0.6) is 0 Å². The molecule has 1 saturated heterocycles. The Kier molecular flexibility index (Phi) is 22.6. The van der Waals surface area contributed by atoms with E-state index in [2.05, 4.69) is 52.4 Å². The number of terminal acetylenes is 1. The Labute approximate surface area is 249 Å². The molecule has 0 aromatic carbocycles. The van der Waals surface area contributed by atoms with Crippen LogP contribution < -0.4 is 10.6 Å². The molecule has 0 spiro atoms. The van der Waals surface area contributed by atoms with Gasteiger partial charge in [0.15, 0.2) is 0 Å². The summed E-state index contributed by atoms with van der Waals surface area (Å²) < 4.78 is 1.61. The first-order valence-electron chi connectivity index (χ1n) is 15.0. The minimum absolute atomic E-state index is 0.0265. The second-order valence-electron chi connectivity index (χ2n) is 10.2. The van der Waals surface area contributed by atoms with Gasteiger partial charge in [0.2, 0.25) is 5.91 Å². The van der Waals surface area contributed by atoms with Crippen LogP contribution >= 0.6 is 0 Å². The first-order valence-corrected chi connectivity index (χ1v) is 15.0. The zero-order valence-electron chi connectivity index (χ0n) is 27.3. The summed E-state index contributed by atoms with van der Waals surface area (Å²) in [5.74, 6) is 2.84. The Hall–Kier alpha value is -3.41. The van der Waals surface area contributed by atoms with Crippen LogP contribution in [-0.2, 0) is 11.8 Å². The molecule has 41 heavy (non-hydrogen) atoms. The number of imidazole rings is 1. The lowest BCUT2D eigenvalue weighted by molar-refractivity contribution is -0.122. The van der Waals surface area contributed by atoms with E-state index in [1.807, 2.05) is 40.8 Å². The maximum atomic E-state index is 12.6. The number of carbonyl (C=O) groups is 2. The van der Waals surface area contributed by atoms with Crippen LogP contribution in [-0.4, -0.2) is 43.8 Å². The number of nitrogens with one attached hydrogen (secondary N) is 4. The van der Waals surface area contributed by atoms with Gasteiger partial charge in [-0.3, -0.25) is 14.3 Å². The van der Waals surface area contributed by atoms with Crippen molar-refractivity contribution < 1.29 is 9.59 Å². The largest absolute Gasteiger partial charge is 0.356 e. The summed E-state index contributed by atoms with van der Waals surface area (Å²) in [6.07, 6.45) is 18.0. The summed E-state index contributed by atoms with van der Waals surface area (Å²) in [4.78, 5) is 30.8. The Bertz CT molecular complexity index is 995. The molecule has 3 unspecified atom stereocenters. The van der Waals surface area contributed by atoms with Crippen molar-refractivity contribution in [2.45, 2.75) is 107 Å². The van der Waals surface area contributed by atoms with Crippen LogP contribution in [0.25, 0.3) is 0 Å². The molecule has 4 rings (SSSR count). The number of hydrogen-bond donors (Lipinski definition) is 4. The van der Waals surface area contributed by atoms with E-state index in [9.17, 15) is 9.59 Å². The van der Waals surface area contributed by atoms with Gasteiger partial charge in [0.25, 0.3) is 5.91 Å². The summed E-state index contributed by atoms with van der Waals surface area (Å²) in [5, 5.41) is 16.6. The molecule has 0 bridgehead atoms. The molecule has 4 atom stereocenters. The maximum absolute atomic E-state index is 12.6. The summed E-state index contributed by atoms with van der Waals surface area (Å²) in [6.45, 7) is 18.8. The summed E-state index contributed by atoms with van der Waals surface area (Å²) in [5.41, 5.74) is 2.24. The molecular formula is C32H57N7O2. The molecule has 1 aliphatic carbocycles. The van der Waals surface area contributed by atoms with E-state index in [1.54, 1.807) is 37.8 Å². The number of hydrogen-bond acceptors (Lipinski definition) is 5. The van der Waals surface area contributed by atoms with E-state index in [-0.39, 0.29) is 17.9 Å². The fourth-order valence-electron chi connectivity index (χ4n) is 4.50. The highest BCUT2D eigenvalue weighted by molar-refractivity contribution is 5.92. The predicted molar refractivity (Wildman–Crippen MR) is 171 cm³/mol. The smallest absolute Gasteiger partial charge is 0.270 e. The van der Waals surface area contributed by atoms with Crippen LogP contribution in [0.2, 0.25) is 0 Å². The zero-order valence-corrected chi connectivity index (χ0v) is 27.3. The van der Waals surface area contributed by atoms with Crippen molar-refractivity contribution in [3.63, 3.8) is 0 Å². The van der Waals surface area contributed by atoms with Gasteiger partial charge >= 0.3 is 0 Å². The Morgan fingerprint density at radius 2 is 1.73 bits per heavy atom. The van der Waals surface area contributed by atoms with Crippen LogP contribution in [0, 0.1) is 42.9 Å². The fraction of sp³-hybridized carbons (Fsp3) is 0.656. The number of aryl methyl sites for hydroxylation is 2. The molecule has 2 aromatic heterocycles. The van der Waals surface area contributed by atoms with Crippen molar-refractivity contribution in [1.82, 2.24) is 30.4 Å². The van der Waals surface area contributed by atoms with Gasteiger partial charge in [0, 0.05) is 31.9 Å². The first kappa shape index (κ1) is 39.7. The third-order valence-electron chi connectivity index (χ3n) is 6.36. The lowest BCUT2D eigenvalue weighted by Crippen LogP contribution is -2.36. The molecule has 232 valence electrons. The van der Waals surface area contributed by atoms with E-state index in [0.29, 0.717) is 29.2 Å². The average Bonchev–Trinajstić information content (AvgIpc) is 3.60. The minimum Gasteiger partial charge on any atom is -0.356 e. The number of amides is 2. The van der Waals surface area contributed by atoms with Crippen molar-refractivity contribution in [1.29, 1.82) is 5.41 Å². The SMILES string of the molecule is C#C.CC.CC.CC(C)=N.CC1CCC(=O)NC1.Cc1ncc(C(NC(=O)c2ccnn2C)[C@H]2CCCC(C)C2)[nH]1. The van der Waals surface area contributed by atoms with E-state index < -0.39 is 0 Å². The van der Waals surface area contributed by atoms with Gasteiger partial charge in [0.1, 0.15) is 11.5 Å². The number of aromatic amines is 1. The van der Waals surface area contributed by atoms with Crippen LogP contribution in [0.3, 0.4) is 0 Å². The lowest BCUT2D eigenvalue weighted by atomic mass is 9.78. The number of H-pyrrole nitrogens is 1. The van der Waals surface area contributed by atoms with Crippen molar-refractivity contribution in [3.05, 3.63) is 35.7 Å². The average molecular weight is 572 g/mol. The number of nitrogens with zero attached hydrogens (tertiary/aromatic N) is 3. The molecule has 9 heteroatoms. The van der Waals surface area contributed by atoms with Crippen LogP contribution in [0.1, 0.15) is 122 Å². The van der Waals surface area contributed by atoms with E-state index in [4.69, 9.17) is 5.41 Å². The number of carbonyl (C=O) groups excluding carboxylic acids is 2. The quantitative estimate of drug-likeness (QED) is 0.242. The van der Waals surface area contributed by atoms with Gasteiger partial charge in [-0.05, 0) is 63.9 Å². The molecule has 4 N–H and O–H groups in total. The molecule has 1 aliphatic heterocycles. The summed E-state index contributed by atoms with van der Waals surface area (Å²) in [6, 6.07) is 1.72. The molecule has 2 aromatic rings. The molecular weight excluding hydrogens is 514 g/mol. The van der Waals surface area contributed by atoms with Gasteiger partial charge in [0.05, 0.1) is 17.9 Å². The van der Waals surface area contributed by atoms with E-state index in [1.165, 1.54) is 12.8 Å². The van der Waals surface area contributed by atoms with Crippen LogP contribution in [0.4, 0.5) is 0 Å². The van der Waals surface area contributed by atoms with E-state index in [0.717, 1.165) is 43.7 Å². The summed E-state index contributed by atoms with van der Waals surface area (Å²) in [7, 11) is 1.78. The monoisotopic (exact) mass is 571 g/mol. The number of rotatable bonds is 4. The predicted octanol–water partition coefficient (Wildman–Crippen LogP) is 6.63. The lowest BCUT2D eigenvalue weighted by Gasteiger charge is -2.33.